The average molecular weight is 388 g/mol. The molecule has 0 bridgehead atoms. The van der Waals surface area contributed by atoms with E-state index in [-0.39, 0.29) is 4.90 Å². The number of nitrogens with zero attached hydrogens (tertiary/aromatic N) is 1. The molecule has 1 aliphatic heterocycles. The zero-order valence-corrected chi connectivity index (χ0v) is 16.5. The van der Waals surface area contributed by atoms with Crippen LogP contribution in [0.4, 0.5) is 0 Å². The normalized spacial score (nSPS) is 25.3. The van der Waals surface area contributed by atoms with Crippen LogP contribution in [0, 0.1) is 5.92 Å². The van der Waals surface area contributed by atoms with Gasteiger partial charge in [-0.1, -0.05) is 43.2 Å². The Kier molecular flexibility index (Phi) is 4.64. The molecule has 2 atom stereocenters. The van der Waals surface area contributed by atoms with E-state index in [1.54, 1.807) is 22.5 Å². The Balaban J connectivity index is 1.83. The van der Waals surface area contributed by atoms with Crippen LogP contribution in [-0.4, -0.2) is 33.5 Å². The van der Waals surface area contributed by atoms with E-state index < -0.39 is 15.6 Å². The van der Waals surface area contributed by atoms with Gasteiger partial charge in [-0.2, -0.15) is 4.31 Å². The van der Waals surface area contributed by atoms with E-state index in [2.05, 4.69) is 12.1 Å². The van der Waals surface area contributed by atoms with Crippen LogP contribution in [0.25, 0.3) is 0 Å². The third kappa shape index (κ3) is 2.74. The summed E-state index contributed by atoms with van der Waals surface area (Å²) < 4.78 is 39.7. The lowest BCUT2D eigenvalue weighted by atomic mass is 9.63. The van der Waals surface area contributed by atoms with Gasteiger partial charge in [-0.3, -0.25) is 0 Å². The number of fused-ring (bicyclic) bond motifs is 1. The standard InChI is InChI=1S/C21H25NO4S/c1-25-18-11-12-19(26-2)20(14-18)27(23,24)22-15-17-10-6-7-13-21(17,22)16-8-4-3-5-9-16/h3-5,8-9,11-12,14,17H,6-7,10,13,15H2,1-2H3. The molecule has 2 unspecified atom stereocenters. The fraction of sp³-hybridized carbons (Fsp3) is 0.429. The maximum absolute atomic E-state index is 13.7. The summed E-state index contributed by atoms with van der Waals surface area (Å²) in [6, 6.07) is 15.0. The first kappa shape index (κ1) is 18.3. The van der Waals surface area contributed by atoms with Gasteiger partial charge in [0.25, 0.3) is 0 Å². The van der Waals surface area contributed by atoms with Gasteiger partial charge in [-0.05, 0) is 36.5 Å². The van der Waals surface area contributed by atoms with Gasteiger partial charge in [0.05, 0.1) is 19.8 Å². The second kappa shape index (κ2) is 6.84. The summed E-state index contributed by atoms with van der Waals surface area (Å²) in [5, 5.41) is 0. The van der Waals surface area contributed by atoms with Crippen LogP contribution in [0.3, 0.4) is 0 Å². The largest absolute Gasteiger partial charge is 0.497 e. The highest BCUT2D eigenvalue weighted by molar-refractivity contribution is 7.89. The molecule has 2 aliphatic rings. The first-order valence-corrected chi connectivity index (χ1v) is 10.8. The minimum absolute atomic E-state index is 0.170. The Bertz CT molecular complexity index is 928. The molecule has 0 aromatic heterocycles. The lowest BCUT2D eigenvalue weighted by molar-refractivity contribution is -0.0505. The van der Waals surface area contributed by atoms with Gasteiger partial charge in [-0.25, -0.2) is 8.42 Å². The molecule has 0 radical (unpaired) electrons. The lowest BCUT2D eigenvalue weighted by Crippen LogP contribution is -2.67. The predicted molar refractivity (Wildman–Crippen MR) is 104 cm³/mol. The number of hydrogen-bond donors (Lipinski definition) is 0. The molecule has 5 nitrogen and oxygen atoms in total. The Morgan fingerprint density at radius 2 is 1.81 bits per heavy atom. The molecule has 0 spiro atoms. The summed E-state index contributed by atoms with van der Waals surface area (Å²) in [7, 11) is -0.701. The molecule has 1 saturated carbocycles. The molecule has 0 N–H and O–H groups in total. The second-order valence-corrected chi connectivity index (χ2v) is 9.12. The van der Waals surface area contributed by atoms with Crippen LogP contribution in [0.1, 0.15) is 31.2 Å². The topological polar surface area (TPSA) is 55.8 Å². The van der Waals surface area contributed by atoms with Crippen LogP contribution in [-0.2, 0) is 15.6 Å². The van der Waals surface area contributed by atoms with Crippen molar-refractivity contribution in [3.63, 3.8) is 0 Å². The van der Waals surface area contributed by atoms with Crippen molar-refractivity contribution >= 4 is 10.0 Å². The molecular formula is C21H25NO4S. The molecule has 2 aromatic carbocycles. The minimum Gasteiger partial charge on any atom is -0.497 e. The smallest absolute Gasteiger partial charge is 0.247 e. The van der Waals surface area contributed by atoms with Gasteiger partial charge in [0.15, 0.2) is 0 Å². The lowest BCUT2D eigenvalue weighted by Gasteiger charge is -2.60. The molecule has 0 amide bonds. The molecule has 27 heavy (non-hydrogen) atoms. The predicted octanol–water partition coefficient (Wildman–Crippen LogP) is 3.79. The van der Waals surface area contributed by atoms with Crippen molar-refractivity contribution in [2.24, 2.45) is 5.92 Å². The third-order valence-corrected chi connectivity index (χ3v) is 8.01. The van der Waals surface area contributed by atoms with E-state index in [0.717, 1.165) is 31.2 Å². The van der Waals surface area contributed by atoms with Crippen molar-refractivity contribution in [3.05, 3.63) is 54.1 Å². The van der Waals surface area contributed by atoms with Crippen LogP contribution < -0.4 is 9.47 Å². The molecular weight excluding hydrogens is 362 g/mol. The maximum atomic E-state index is 13.7. The van der Waals surface area contributed by atoms with Crippen LogP contribution in [0.5, 0.6) is 11.5 Å². The van der Waals surface area contributed by atoms with E-state index in [1.807, 2.05) is 18.2 Å². The molecule has 2 fully saturated rings. The second-order valence-electron chi connectivity index (χ2n) is 7.29. The van der Waals surface area contributed by atoms with Crippen LogP contribution >= 0.6 is 0 Å². The van der Waals surface area contributed by atoms with Crippen molar-refractivity contribution in [1.82, 2.24) is 4.31 Å². The van der Waals surface area contributed by atoms with Crippen LogP contribution in [0.2, 0.25) is 0 Å². The summed E-state index contributed by atoms with van der Waals surface area (Å²) in [5.74, 6) is 1.21. The first-order valence-electron chi connectivity index (χ1n) is 9.34. The number of ether oxygens (including phenoxy) is 2. The summed E-state index contributed by atoms with van der Waals surface area (Å²) in [5.41, 5.74) is 0.637. The van der Waals surface area contributed by atoms with Crippen molar-refractivity contribution in [1.29, 1.82) is 0 Å². The summed E-state index contributed by atoms with van der Waals surface area (Å²) in [6.45, 7) is 0.553. The van der Waals surface area contributed by atoms with Gasteiger partial charge in [0, 0.05) is 12.6 Å². The van der Waals surface area contributed by atoms with Crippen LogP contribution in [0.15, 0.2) is 53.4 Å². The Morgan fingerprint density at radius 1 is 1.04 bits per heavy atom. The Hall–Kier alpha value is -2.05. The highest BCUT2D eigenvalue weighted by atomic mass is 32.2. The number of sulfonamides is 1. The summed E-state index contributed by atoms with van der Waals surface area (Å²) >= 11 is 0. The quantitative estimate of drug-likeness (QED) is 0.783. The van der Waals surface area contributed by atoms with Gasteiger partial charge >= 0.3 is 0 Å². The average Bonchev–Trinajstić information content (AvgIpc) is 2.69. The maximum Gasteiger partial charge on any atom is 0.247 e. The molecule has 1 heterocycles. The molecule has 2 aromatic rings. The molecule has 1 aliphatic carbocycles. The van der Waals surface area contributed by atoms with Gasteiger partial charge in [-0.15, -0.1) is 0 Å². The summed E-state index contributed by atoms with van der Waals surface area (Å²) in [4.78, 5) is 0.170. The molecule has 144 valence electrons. The molecule has 1 saturated heterocycles. The van der Waals surface area contributed by atoms with E-state index in [0.29, 0.717) is 24.0 Å². The molecule has 4 rings (SSSR count). The third-order valence-electron chi connectivity index (χ3n) is 6.08. The fourth-order valence-corrected chi connectivity index (χ4v) is 6.78. The fourth-order valence-electron chi connectivity index (χ4n) is 4.72. The number of rotatable bonds is 5. The first-order chi connectivity index (χ1) is 13.0. The van der Waals surface area contributed by atoms with Crippen molar-refractivity contribution in [3.8, 4) is 11.5 Å². The zero-order chi connectivity index (χ0) is 19.1. The minimum atomic E-state index is -3.73. The zero-order valence-electron chi connectivity index (χ0n) is 15.7. The van der Waals surface area contributed by atoms with Crippen molar-refractivity contribution in [2.45, 2.75) is 36.1 Å². The number of hydrogen-bond acceptors (Lipinski definition) is 4. The monoisotopic (exact) mass is 387 g/mol. The van der Waals surface area contributed by atoms with Crippen molar-refractivity contribution in [2.75, 3.05) is 20.8 Å². The number of methoxy groups -OCH3 is 2. The summed E-state index contributed by atoms with van der Waals surface area (Å²) in [6.07, 6.45) is 4.12. The van der Waals surface area contributed by atoms with E-state index in [9.17, 15) is 8.42 Å². The van der Waals surface area contributed by atoms with E-state index >= 15 is 0 Å². The van der Waals surface area contributed by atoms with Gasteiger partial charge in [0.2, 0.25) is 10.0 Å². The van der Waals surface area contributed by atoms with E-state index in [4.69, 9.17) is 9.47 Å². The number of benzene rings is 2. The SMILES string of the molecule is COc1ccc(OC)c(S(=O)(=O)N2CC3CCCCC32c2ccccc2)c1. The Morgan fingerprint density at radius 3 is 2.48 bits per heavy atom. The van der Waals surface area contributed by atoms with Gasteiger partial charge in [0.1, 0.15) is 16.4 Å². The highest BCUT2D eigenvalue weighted by Gasteiger charge is 2.60. The highest BCUT2D eigenvalue weighted by Crippen LogP contribution is 2.56. The van der Waals surface area contributed by atoms with E-state index in [1.165, 1.54) is 14.2 Å². The molecule has 6 heteroatoms. The Labute approximate surface area is 161 Å². The van der Waals surface area contributed by atoms with Crippen molar-refractivity contribution < 1.29 is 17.9 Å². The van der Waals surface area contributed by atoms with Gasteiger partial charge < -0.3 is 9.47 Å².